The third-order valence-corrected chi connectivity index (χ3v) is 4.62. The Morgan fingerprint density at radius 3 is 2.91 bits per heavy atom. The number of fused-ring (bicyclic) bond motifs is 3. The van der Waals surface area contributed by atoms with E-state index in [0.717, 1.165) is 19.3 Å². The molecule has 4 rings (SSSR count). The zero-order valence-electron chi connectivity index (χ0n) is 13.1. The van der Waals surface area contributed by atoms with E-state index < -0.39 is 0 Å². The Balaban J connectivity index is 1.55. The number of benzene rings is 1. The number of carbonyl (C=O) groups excluding carboxylic acids is 1. The Labute approximate surface area is 134 Å². The molecule has 1 atom stereocenters. The van der Waals surface area contributed by atoms with Gasteiger partial charge in [0.15, 0.2) is 0 Å². The maximum absolute atomic E-state index is 12.3. The molecule has 2 aromatic heterocycles. The van der Waals surface area contributed by atoms with Gasteiger partial charge >= 0.3 is 0 Å². The first kappa shape index (κ1) is 14.0. The zero-order chi connectivity index (χ0) is 15.8. The van der Waals surface area contributed by atoms with Gasteiger partial charge in [-0.25, -0.2) is 0 Å². The fraction of sp³-hybridized carbons (Fsp3) is 0.263. The lowest BCUT2D eigenvalue weighted by atomic mass is 9.91. The summed E-state index contributed by atoms with van der Waals surface area (Å²) in [5.41, 5.74) is 5.82. The SMILES string of the molecule is Cc1ccc2[nH]c3c(c2c1)CCC(NC(=O)c1ccncc1)C3. The highest BCUT2D eigenvalue weighted by Crippen LogP contribution is 2.29. The topological polar surface area (TPSA) is 57.8 Å². The van der Waals surface area contributed by atoms with E-state index >= 15 is 0 Å². The first-order valence-electron chi connectivity index (χ1n) is 8.01. The molecule has 1 aromatic carbocycles. The van der Waals surface area contributed by atoms with Crippen molar-refractivity contribution < 1.29 is 4.79 Å². The van der Waals surface area contributed by atoms with E-state index in [-0.39, 0.29) is 11.9 Å². The molecule has 4 nitrogen and oxygen atoms in total. The molecule has 2 N–H and O–H groups in total. The summed E-state index contributed by atoms with van der Waals surface area (Å²) >= 11 is 0. The van der Waals surface area contributed by atoms with Crippen molar-refractivity contribution in [2.24, 2.45) is 0 Å². The van der Waals surface area contributed by atoms with Crippen molar-refractivity contribution >= 4 is 16.8 Å². The lowest BCUT2D eigenvalue weighted by molar-refractivity contribution is 0.0933. The molecule has 1 amide bonds. The molecule has 0 saturated carbocycles. The number of aromatic nitrogens is 2. The molecular formula is C19H19N3O. The highest BCUT2D eigenvalue weighted by Gasteiger charge is 2.23. The largest absolute Gasteiger partial charge is 0.358 e. The Bertz CT molecular complexity index is 867. The molecule has 23 heavy (non-hydrogen) atoms. The van der Waals surface area contributed by atoms with Crippen LogP contribution in [-0.4, -0.2) is 21.9 Å². The van der Waals surface area contributed by atoms with Crippen molar-refractivity contribution in [1.82, 2.24) is 15.3 Å². The Morgan fingerprint density at radius 1 is 1.26 bits per heavy atom. The van der Waals surface area contributed by atoms with Crippen molar-refractivity contribution in [3.05, 3.63) is 65.1 Å². The molecule has 1 unspecified atom stereocenters. The summed E-state index contributed by atoms with van der Waals surface area (Å²) in [6.45, 7) is 2.12. The molecule has 2 heterocycles. The van der Waals surface area contributed by atoms with E-state index in [2.05, 4.69) is 40.4 Å². The average Bonchev–Trinajstić information content (AvgIpc) is 2.92. The fourth-order valence-corrected chi connectivity index (χ4v) is 3.44. The van der Waals surface area contributed by atoms with Crippen molar-refractivity contribution in [2.45, 2.75) is 32.2 Å². The van der Waals surface area contributed by atoms with Gasteiger partial charge in [0.1, 0.15) is 0 Å². The predicted molar refractivity (Wildman–Crippen MR) is 90.6 cm³/mol. The van der Waals surface area contributed by atoms with Gasteiger partial charge in [-0.2, -0.15) is 0 Å². The van der Waals surface area contributed by atoms with Gasteiger partial charge in [0.2, 0.25) is 0 Å². The number of hydrogen-bond donors (Lipinski definition) is 2. The normalized spacial score (nSPS) is 17.0. The van der Waals surface area contributed by atoms with E-state index in [1.807, 2.05) is 0 Å². The quantitative estimate of drug-likeness (QED) is 0.764. The second-order valence-electron chi connectivity index (χ2n) is 6.28. The number of carbonyl (C=O) groups is 1. The first-order valence-corrected chi connectivity index (χ1v) is 8.01. The number of amides is 1. The van der Waals surface area contributed by atoms with Crippen LogP contribution in [0.15, 0.2) is 42.7 Å². The van der Waals surface area contributed by atoms with Gasteiger partial charge in [0, 0.05) is 47.0 Å². The molecule has 0 spiro atoms. The van der Waals surface area contributed by atoms with Crippen molar-refractivity contribution in [1.29, 1.82) is 0 Å². The van der Waals surface area contributed by atoms with Crippen LogP contribution < -0.4 is 5.32 Å². The van der Waals surface area contributed by atoms with E-state index in [1.54, 1.807) is 24.5 Å². The smallest absolute Gasteiger partial charge is 0.251 e. The monoisotopic (exact) mass is 305 g/mol. The second kappa shape index (κ2) is 5.54. The molecule has 1 aliphatic carbocycles. The highest BCUT2D eigenvalue weighted by atomic mass is 16.1. The number of aryl methyl sites for hydroxylation is 2. The summed E-state index contributed by atoms with van der Waals surface area (Å²) in [5, 5.41) is 4.48. The molecule has 3 aromatic rings. The Kier molecular flexibility index (Phi) is 3.37. The number of rotatable bonds is 2. The summed E-state index contributed by atoms with van der Waals surface area (Å²) in [6.07, 6.45) is 6.13. The molecule has 4 heteroatoms. The van der Waals surface area contributed by atoms with E-state index in [9.17, 15) is 4.79 Å². The summed E-state index contributed by atoms with van der Waals surface area (Å²) in [6, 6.07) is 10.2. The van der Waals surface area contributed by atoms with Gasteiger partial charge in [-0.1, -0.05) is 11.6 Å². The molecule has 0 fully saturated rings. The summed E-state index contributed by atoms with van der Waals surface area (Å²) < 4.78 is 0. The van der Waals surface area contributed by atoms with Gasteiger partial charge in [-0.3, -0.25) is 9.78 Å². The molecule has 116 valence electrons. The summed E-state index contributed by atoms with van der Waals surface area (Å²) in [4.78, 5) is 19.8. The van der Waals surface area contributed by atoms with E-state index in [0.29, 0.717) is 5.56 Å². The standard InChI is InChI=1S/C19H19N3O/c1-12-2-5-17-16(10-12)15-4-3-14(11-18(15)22-17)21-19(23)13-6-8-20-9-7-13/h2,5-10,14,22H,3-4,11H2,1H3,(H,21,23). The first-order chi connectivity index (χ1) is 11.2. The van der Waals surface area contributed by atoms with Crippen LogP contribution in [0.1, 0.15) is 33.6 Å². The van der Waals surface area contributed by atoms with Crippen LogP contribution in [0.2, 0.25) is 0 Å². The van der Waals surface area contributed by atoms with Crippen molar-refractivity contribution in [2.75, 3.05) is 0 Å². The van der Waals surface area contributed by atoms with Crippen LogP contribution in [0.3, 0.4) is 0 Å². The van der Waals surface area contributed by atoms with E-state index in [1.165, 1.54) is 27.7 Å². The third kappa shape index (κ3) is 2.61. The Hall–Kier alpha value is -2.62. The maximum atomic E-state index is 12.3. The minimum atomic E-state index is -0.0206. The van der Waals surface area contributed by atoms with Crippen LogP contribution in [-0.2, 0) is 12.8 Å². The number of H-pyrrole nitrogens is 1. The van der Waals surface area contributed by atoms with Gasteiger partial charge in [0.25, 0.3) is 5.91 Å². The minimum absolute atomic E-state index is 0.0206. The van der Waals surface area contributed by atoms with Gasteiger partial charge in [0.05, 0.1) is 0 Å². The number of pyridine rings is 1. The molecule has 0 aliphatic heterocycles. The van der Waals surface area contributed by atoms with Crippen molar-refractivity contribution in [3.8, 4) is 0 Å². The molecule has 0 bridgehead atoms. The third-order valence-electron chi connectivity index (χ3n) is 4.62. The molecular weight excluding hydrogens is 286 g/mol. The van der Waals surface area contributed by atoms with Crippen molar-refractivity contribution in [3.63, 3.8) is 0 Å². The number of nitrogens with zero attached hydrogens (tertiary/aromatic N) is 1. The van der Waals surface area contributed by atoms with Crippen LogP contribution in [0.5, 0.6) is 0 Å². The van der Waals surface area contributed by atoms with Gasteiger partial charge in [-0.15, -0.1) is 0 Å². The highest BCUT2D eigenvalue weighted by molar-refractivity contribution is 5.94. The second-order valence-corrected chi connectivity index (χ2v) is 6.28. The fourth-order valence-electron chi connectivity index (χ4n) is 3.44. The zero-order valence-corrected chi connectivity index (χ0v) is 13.1. The van der Waals surface area contributed by atoms with Crippen LogP contribution in [0, 0.1) is 6.92 Å². The lowest BCUT2D eigenvalue weighted by Crippen LogP contribution is -2.38. The average molecular weight is 305 g/mol. The van der Waals surface area contributed by atoms with Gasteiger partial charge < -0.3 is 10.3 Å². The van der Waals surface area contributed by atoms with Crippen LogP contribution >= 0.6 is 0 Å². The van der Waals surface area contributed by atoms with Gasteiger partial charge in [-0.05, 0) is 49.6 Å². The number of nitrogens with one attached hydrogen (secondary N) is 2. The van der Waals surface area contributed by atoms with E-state index in [4.69, 9.17) is 0 Å². The number of aromatic amines is 1. The summed E-state index contributed by atoms with van der Waals surface area (Å²) in [7, 11) is 0. The van der Waals surface area contributed by atoms with Crippen LogP contribution in [0.4, 0.5) is 0 Å². The molecule has 0 saturated heterocycles. The maximum Gasteiger partial charge on any atom is 0.251 e. The number of hydrogen-bond acceptors (Lipinski definition) is 2. The summed E-state index contributed by atoms with van der Waals surface area (Å²) in [5.74, 6) is -0.0206. The predicted octanol–water partition coefficient (Wildman–Crippen LogP) is 3.16. The molecule has 0 radical (unpaired) electrons. The molecule has 1 aliphatic rings. The lowest BCUT2D eigenvalue weighted by Gasteiger charge is -2.23. The minimum Gasteiger partial charge on any atom is -0.358 e. The Morgan fingerprint density at radius 2 is 2.09 bits per heavy atom. The van der Waals surface area contributed by atoms with Crippen LogP contribution in [0.25, 0.3) is 10.9 Å².